The number of hydrogen-bond acceptors (Lipinski definition) is 12. The lowest BCUT2D eigenvalue weighted by molar-refractivity contribution is -0.125. The van der Waals surface area contributed by atoms with Gasteiger partial charge in [-0.3, -0.25) is 34.7 Å². The van der Waals surface area contributed by atoms with Gasteiger partial charge in [-0.25, -0.2) is 14.8 Å². The summed E-state index contributed by atoms with van der Waals surface area (Å²) in [4.78, 5) is 70.3. The van der Waals surface area contributed by atoms with Gasteiger partial charge < -0.3 is 15.4 Å². The minimum Gasteiger partial charge on any atom is -0.443 e. The van der Waals surface area contributed by atoms with Crippen molar-refractivity contribution in [2.45, 2.75) is 89.9 Å². The summed E-state index contributed by atoms with van der Waals surface area (Å²) < 4.78 is 8.81. The minimum atomic E-state index is -0.651. The number of hydrogen-bond donors (Lipinski definition) is 4. The van der Waals surface area contributed by atoms with Crippen LogP contribution in [0.2, 0.25) is 5.15 Å². The van der Waals surface area contributed by atoms with Crippen molar-refractivity contribution in [3.63, 3.8) is 0 Å². The molecule has 9 rings (SSSR count). The number of nitrogens with zero attached hydrogens (tertiary/aromatic N) is 7. The van der Waals surface area contributed by atoms with Gasteiger partial charge in [-0.2, -0.15) is 19.2 Å². The van der Waals surface area contributed by atoms with Crippen molar-refractivity contribution < 1.29 is 28.7 Å². The molecule has 2 aliphatic heterocycles. The molecule has 2 aliphatic carbocycles. The number of fused-ring (bicyclic) bond motifs is 2. The molecule has 4 N–H and O–H groups in total. The summed E-state index contributed by atoms with van der Waals surface area (Å²) in [5.41, 5.74) is 3.47. The molecule has 2 saturated heterocycles. The second kappa shape index (κ2) is 15.6. The number of carbonyl (C=O) groups excluding carboxylic acids is 5. The van der Waals surface area contributed by atoms with Crippen LogP contribution in [0.3, 0.4) is 0 Å². The second-order valence-electron chi connectivity index (χ2n) is 15.9. The first-order valence-corrected chi connectivity index (χ1v) is 19.7. The molecule has 0 unspecified atom stereocenters. The highest BCUT2D eigenvalue weighted by Crippen LogP contribution is 2.35. The van der Waals surface area contributed by atoms with Gasteiger partial charge in [0, 0.05) is 52.5 Å². The third-order valence-corrected chi connectivity index (χ3v) is 9.93. The first-order chi connectivity index (χ1) is 28.2. The van der Waals surface area contributed by atoms with Crippen LogP contribution in [0.1, 0.15) is 89.0 Å². The molecule has 1 aromatic carbocycles. The minimum absolute atomic E-state index is 0.00393. The van der Waals surface area contributed by atoms with Crippen molar-refractivity contribution in [2.24, 2.45) is 0 Å². The summed E-state index contributed by atoms with van der Waals surface area (Å²) in [6, 6.07) is 14.2. The molecule has 18 heteroatoms. The summed E-state index contributed by atoms with van der Waals surface area (Å²) in [5.74, 6) is 0.567. The fourth-order valence-electron chi connectivity index (χ4n) is 6.64. The third kappa shape index (κ3) is 8.94. The van der Waals surface area contributed by atoms with E-state index >= 15 is 0 Å². The van der Waals surface area contributed by atoms with Crippen LogP contribution in [0, 0.1) is 0 Å². The lowest BCUT2D eigenvalue weighted by Gasteiger charge is -2.27. The van der Waals surface area contributed by atoms with Crippen LogP contribution >= 0.6 is 11.6 Å². The Morgan fingerprint density at radius 3 is 2.02 bits per heavy atom. The predicted molar refractivity (Wildman–Crippen MR) is 219 cm³/mol. The summed E-state index contributed by atoms with van der Waals surface area (Å²) in [7, 11) is 0. The molecule has 2 saturated carbocycles. The lowest BCUT2D eigenvalue weighted by Crippen LogP contribution is -2.39. The Morgan fingerprint density at radius 2 is 1.47 bits per heavy atom. The number of halogens is 1. The summed E-state index contributed by atoms with van der Waals surface area (Å²) in [6.45, 7) is 7.49. The van der Waals surface area contributed by atoms with Crippen LogP contribution in [0.5, 0.6) is 0 Å². The molecule has 17 nitrogen and oxygen atoms in total. The number of aromatic nitrogens is 6. The van der Waals surface area contributed by atoms with Gasteiger partial charge in [-0.1, -0.05) is 41.9 Å². The number of rotatable bonds is 9. The van der Waals surface area contributed by atoms with E-state index in [0.717, 1.165) is 37.1 Å². The molecule has 5 aromatic rings. The van der Waals surface area contributed by atoms with E-state index in [1.54, 1.807) is 54.6 Å². The van der Waals surface area contributed by atoms with E-state index in [0.29, 0.717) is 51.2 Å². The fraction of sp³-hybridized carbons (Fsp3) is 0.341. The largest absolute Gasteiger partial charge is 0.443 e. The number of carbonyl (C=O) groups is 5. The molecular formula is C41H42ClN11O6. The van der Waals surface area contributed by atoms with E-state index in [2.05, 4.69) is 55.5 Å². The van der Waals surface area contributed by atoms with E-state index in [-0.39, 0.29) is 47.8 Å². The Hall–Kier alpha value is -6.62. The highest BCUT2D eigenvalue weighted by atomic mass is 35.5. The van der Waals surface area contributed by atoms with Crippen molar-refractivity contribution in [1.82, 2.24) is 39.8 Å². The Morgan fingerprint density at radius 1 is 0.881 bits per heavy atom. The van der Waals surface area contributed by atoms with Crippen molar-refractivity contribution in [1.29, 1.82) is 0 Å². The highest BCUT2D eigenvalue weighted by molar-refractivity contribution is 6.30. The van der Waals surface area contributed by atoms with E-state index in [4.69, 9.17) is 21.3 Å². The van der Waals surface area contributed by atoms with Crippen LogP contribution in [-0.4, -0.2) is 76.6 Å². The maximum absolute atomic E-state index is 12.9. The average Bonchev–Trinajstić information content (AvgIpc) is 4.04. The molecule has 6 heterocycles. The fourth-order valence-corrected chi connectivity index (χ4v) is 6.82. The SMILES string of the molecule is CC(C)(C)OC(=O)N(c1cc(Cl)nc2c(/C=C3\CC(=O)NC3=O)cnn12)C1CC1.C[C@@H](Nc1cc(NC2CC2)n2ncc(/C=C3\CC(=O)NC3=O)c2n1)c1ccccc1. The molecule has 4 aliphatic rings. The molecule has 4 fully saturated rings. The van der Waals surface area contributed by atoms with Gasteiger partial charge in [-0.15, -0.1) is 0 Å². The number of ether oxygens (including phenoxy) is 1. The summed E-state index contributed by atoms with van der Waals surface area (Å²) in [5, 5.41) is 20.5. The van der Waals surface area contributed by atoms with Gasteiger partial charge in [0.25, 0.3) is 11.8 Å². The summed E-state index contributed by atoms with van der Waals surface area (Å²) in [6.07, 6.45) is 10.00. The third-order valence-electron chi connectivity index (χ3n) is 9.74. The molecule has 59 heavy (non-hydrogen) atoms. The normalized spacial score (nSPS) is 18.5. The maximum atomic E-state index is 12.9. The van der Waals surface area contributed by atoms with Gasteiger partial charge in [0.15, 0.2) is 11.3 Å². The molecule has 0 bridgehead atoms. The number of benzene rings is 1. The summed E-state index contributed by atoms with van der Waals surface area (Å²) >= 11 is 6.24. The van der Waals surface area contributed by atoms with Gasteiger partial charge in [-0.05, 0) is 71.1 Å². The average molecular weight is 820 g/mol. The zero-order valence-corrected chi connectivity index (χ0v) is 33.5. The Balaban J connectivity index is 0.000000164. The van der Waals surface area contributed by atoms with Gasteiger partial charge in [0.05, 0.1) is 25.2 Å². The standard InChI is InChI=1S/C22H22N6O2.C19H20ClN5O4/c1-13(14-5-3-2-4-6-14)24-18-11-19(25-17-7-8-17)28-21(26-18)16(12-23-28)9-15-10-20(29)27-22(15)30;1-19(2,3)29-18(28)24(12-4-5-12)15-8-13(20)22-16-11(9-21-25(15)16)6-10-7-14(26)23-17(10)27/h2-6,9,11-13,17,25H,7-8,10H2,1H3,(H,24,26)(H,27,29,30);6,8-9,12H,4-5,7H2,1-3H3,(H,23,26,27)/b15-9+;10-6+/t13-;/m1./s1. The zero-order valence-electron chi connectivity index (χ0n) is 32.8. The molecule has 5 amide bonds. The van der Waals surface area contributed by atoms with E-state index < -0.39 is 17.6 Å². The van der Waals surface area contributed by atoms with Crippen molar-refractivity contribution >= 4 is 82.2 Å². The monoisotopic (exact) mass is 819 g/mol. The van der Waals surface area contributed by atoms with Crippen LogP contribution < -0.4 is 26.2 Å². The van der Waals surface area contributed by atoms with Crippen molar-refractivity contribution in [3.8, 4) is 0 Å². The maximum Gasteiger partial charge on any atom is 0.416 e. The smallest absolute Gasteiger partial charge is 0.416 e. The first kappa shape index (κ1) is 39.2. The second-order valence-corrected chi connectivity index (χ2v) is 16.2. The van der Waals surface area contributed by atoms with Gasteiger partial charge in [0.2, 0.25) is 11.8 Å². The topological polar surface area (TPSA) is 206 Å². The zero-order chi connectivity index (χ0) is 41.6. The van der Waals surface area contributed by atoms with E-state index in [9.17, 15) is 24.0 Å². The number of imide groups is 2. The molecule has 304 valence electrons. The number of nitrogens with one attached hydrogen (secondary N) is 4. The van der Waals surface area contributed by atoms with Crippen molar-refractivity contribution in [2.75, 3.05) is 15.5 Å². The lowest BCUT2D eigenvalue weighted by atomic mass is 10.1. The molecule has 1 atom stereocenters. The molecule has 4 aromatic heterocycles. The molecular weight excluding hydrogens is 778 g/mol. The van der Waals surface area contributed by atoms with E-state index in [1.807, 2.05) is 24.3 Å². The quantitative estimate of drug-likeness (QED) is 0.0812. The Labute approximate surface area is 343 Å². The van der Waals surface area contributed by atoms with Gasteiger partial charge in [0.1, 0.15) is 28.2 Å². The molecule has 0 radical (unpaired) electrons. The number of amides is 5. The van der Waals surface area contributed by atoms with Crippen LogP contribution in [-0.2, 0) is 23.9 Å². The molecule has 0 spiro atoms. The van der Waals surface area contributed by atoms with E-state index in [1.165, 1.54) is 10.7 Å². The van der Waals surface area contributed by atoms with Crippen LogP contribution in [0.15, 0.2) is 66.0 Å². The predicted octanol–water partition coefficient (Wildman–Crippen LogP) is 5.62. The number of anilines is 3. The Kier molecular flexibility index (Phi) is 10.4. The van der Waals surface area contributed by atoms with Crippen LogP contribution in [0.25, 0.3) is 23.4 Å². The van der Waals surface area contributed by atoms with Gasteiger partial charge >= 0.3 is 6.09 Å². The van der Waals surface area contributed by atoms with Crippen molar-refractivity contribution in [3.05, 3.63) is 87.8 Å². The highest BCUT2D eigenvalue weighted by Gasteiger charge is 2.38. The Bertz CT molecular complexity index is 2580. The van der Waals surface area contributed by atoms with Crippen LogP contribution in [0.4, 0.5) is 22.2 Å². The first-order valence-electron chi connectivity index (χ1n) is 19.3.